The van der Waals surface area contributed by atoms with Gasteiger partial charge in [0.1, 0.15) is 11.6 Å². The van der Waals surface area contributed by atoms with Crippen LogP contribution in [0.1, 0.15) is 5.89 Å². The molecule has 2 heterocycles. The van der Waals surface area contributed by atoms with Crippen molar-refractivity contribution in [2.45, 2.75) is 12.6 Å². The molecule has 6 heteroatoms. The molecule has 2 aromatic rings. The van der Waals surface area contributed by atoms with Crippen LogP contribution in [0, 0.1) is 0 Å². The van der Waals surface area contributed by atoms with Crippen LogP contribution >= 0.6 is 0 Å². The maximum atomic E-state index is 12.3. The highest BCUT2D eigenvalue weighted by Crippen LogP contribution is 2.17. The Bertz CT molecular complexity index is 604. The zero-order valence-corrected chi connectivity index (χ0v) is 12.4. The number of amides is 1. The highest BCUT2D eigenvalue weighted by Gasteiger charge is 2.30. The van der Waals surface area contributed by atoms with E-state index in [0.717, 1.165) is 24.2 Å². The molecule has 1 aromatic carbocycles. The Kier molecular flexibility index (Phi) is 3.90. The number of fused-ring (bicyclic) bond motifs is 1. The molecule has 1 fully saturated rings. The molecule has 1 unspecified atom stereocenters. The van der Waals surface area contributed by atoms with E-state index in [9.17, 15) is 4.79 Å². The zero-order valence-electron chi connectivity index (χ0n) is 12.4. The summed E-state index contributed by atoms with van der Waals surface area (Å²) in [4.78, 5) is 20.5. The smallest absolute Gasteiger partial charge is 0.240 e. The molecule has 1 N–H and O–H groups in total. The standard InChI is InChI=1S/C15H20N4O2/c1-18(2)15(20)12-9-16-7-8-19(12)10-14-17-11-5-3-4-6-13(11)21-14/h3-6,12,16H,7-10H2,1-2H3. The lowest BCUT2D eigenvalue weighted by Gasteiger charge is -2.35. The summed E-state index contributed by atoms with van der Waals surface area (Å²) in [5, 5.41) is 3.27. The molecule has 1 saturated heterocycles. The van der Waals surface area contributed by atoms with Gasteiger partial charge >= 0.3 is 0 Å². The molecule has 21 heavy (non-hydrogen) atoms. The van der Waals surface area contributed by atoms with E-state index >= 15 is 0 Å². The van der Waals surface area contributed by atoms with Gasteiger partial charge in [0.05, 0.1) is 6.54 Å². The highest BCUT2D eigenvalue weighted by molar-refractivity contribution is 5.81. The summed E-state index contributed by atoms with van der Waals surface area (Å²) in [6.45, 7) is 2.90. The molecule has 0 saturated carbocycles. The van der Waals surface area contributed by atoms with Gasteiger partial charge in [0.15, 0.2) is 5.58 Å². The topological polar surface area (TPSA) is 61.6 Å². The Hall–Kier alpha value is -1.92. The maximum absolute atomic E-state index is 12.3. The minimum atomic E-state index is -0.163. The molecule has 0 spiro atoms. The fourth-order valence-corrected chi connectivity index (χ4v) is 2.64. The van der Waals surface area contributed by atoms with Crippen LogP contribution < -0.4 is 5.32 Å². The summed E-state index contributed by atoms with van der Waals surface area (Å²) in [5.74, 6) is 0.771. The van der Waals surface area contributed by atoms with Crippen LogP contribution in [0.15, 0.2) is 28.7 Å². The van der Waals surface area contributed by atoms with Crippen LogP contribution in [-0.4, -0.2) is 60.5 Å². The summed E-state index contributed by atoms with van der Waals surface area (Å²) in [5.41, 5.74) is 1.65. The number of nitrogens with one attached hydrogen (secondary N) is 1. The van der Waals surface area contributed by atoms with Crippen molar-refractivity contribution in [3.05, 3.63) is 30.2 Å². The number of hydrogen-bond donors (Lipinski definition) is 1. The zero-order chi connectivity index (χ0) is 14.8. The molecule has 6 nitrogen and oxygen atoms in total. The van der Waals surface area contributed by atoms with Crippen molar-refractivity contribution < 1.29 is 9.21 Å². The van der Waals surface area contributed by atoms with Crippen molar-refractivity contribution in [2.24, 2.45) is 0 Å². The SMILES string of the molecule is CN(C)C(=O)C1CNCCN1Cc1nc2ccccc2o1. The van der Waals surface area contributed by atoms with Crippen LogP contribution in [-0.2, 0) is 11.3 Å². The Morgan fingerprint density at radius 3 is 3.05 bits per heavy atom. The van der Waals surface area contributed by atoms with Crippen LogP contribution in [0.3, 0.4) is 0 Å². The van der Waals surface area contributed by atoms with E-state index in [2.05, 4.69) is 15.2 Å². The molecule has 0 radical (unpaired) electrons. The molecule has 0 aliphatic carbocycles. The second-order valence-electron chi connectivity index (χ2n) is 5.50. The molecule has 0 bridgehead atoms. The molecule has 1 amide bonds. The van der Waals surface area contributed by atoms with E-state index in [1.54, 1.807) is 19.0 Å². The molecular formula is C15H20N4O2. The molecule has 3 rings (SSSR count). The van der Waals surface area contributed by atoms with Crippen LogP contribution in [0.5, 0.6) is 0 Å². The number of rotatable bonds is 3. The van der Waals surface area contributed by atoms with Crippen LogP contribution in [0.4, 0.5) is 0 Å². The number of carbonyl (C=O) groups excluding carboxylic acids is 1. The van der Waals surface area contributed by atoms with E-state index < -0.39 is 0 Å². The largest absolute Gasteiger partial charge is 0.439 e. The predicted octanol–water partition coefficient (Wildman–Crippen LogP) is 0.690. The minimum absolute atomic E-state index is 0.110. The van der Waals surface area contributed by atoms with Gasteiger partial charge in [-0.15, -0.1) is 0 Å². The average molecular weight is 288 g/mol. The lowest BCUT2D eigenvalue weighted by molar-refractivity contribution is -0.135. The van der Waals surface area contributed by atoms with Crippen LogP contribution in [0.2, 0.25) is 0 Å². The predicted molar refractivity (Wildman–Crippen MR) is 79.8 cm³/mol. The van der Waals surface area contributed by atoms with Crippen molar-refractivity contribution in [3.63, 3.8) is 0 Å². The fraction of sp³-hybridized carbons (Fsp3) is 0.467. The normalized spacial score (nSPS) is 19.8. The summed E-state index contributed by atoms with van der Waals surface area (Å²) >= 11 is 0. The van der Waals surface area contributed by atoms with E-state index in [0.29, 0.717) is 19.0 Å². The highest BCUT2D eigenvalue weighted by atomic mass is 16.3. The van der Waals surface area contributed by atoms with Crippen molar-refractivity contribution in [2.75, 3.05) is 33.7 Å². The first-order chi connectivity index (χ1) is 10.1. The van der Waals surface area contributed by atoms with Crippen molar-refractivity contribution >= 4 is 17.0 Å². The molecule has 112 valence electrons. The number of aromatic nitrogens is 1. The number of likely N-dealkylation sites (N-methyl/N-ethyl adjacent to an activating group) is 1. The van der Waals surface area contributed by atoms with Gasteiger partial charge in [0, 0.05) is 33.7 Å². The molecular weight excluding hydrogens is 268 g/mol. The molecule has 1 aliphatic rings. The average Bonchev–Trinajstić information content (AvgIpc) is 2.89. The van der Waals surface area contributed by atoms with E-state index in [1.165, 1.54) is 0 Å². The number of oxazole rings is 1. The van der Waals surface area contributed by atoms with Gasteiger partial charge in [-0.2, -0.15) is 0 Å². The molecule has 1 aliphatic heterocycles. The third kappa shape index (κ3) is 2.91. The number of hydrogen-bond acceptors (Lipinski definition) is 5. The first-order valence-electron chi connectivity index (χ1n) is 7.15. The summed E-state index contributed by atoms with van der Waals surface area (Å²) in [6, 6.07) is 7.55. The van der Waals surface area contributed by atoms with E-state index in [4.69, 9.17) is 4.42 Å². The number of carbonyl (C=O) groups is 1. The monoisotopic (exact) mass is 288 g/mol. The number of nitrogens with zero attached hydrogens (tertiary/aromatic N) is 3. The summed E-state index contributed by atoms with van der Waals surface area (Å²) < 4.78 is 5.76. The lowest BCUT2D eigenvalue weighted by atomic mass is 10.1. The van der Waals surface area contributed by atoms with Gasteiger partial charge in [0.2, 0.25) is 11.8 Å². The van der Waals surface area contributed by atoms with Gasteiger partial charge in [-0.3, -0.25) is 9.69 Å². The number of para-hydroxylation sites is 2. The summed E-state index contributed by atoms with van der Waals surface area (Å²) in [7, 11) is 3.57. The Labute approximate surface area is 123 Å². The molecule has 1 atom stereocenters. The lowest BCUT2D eigenvalue weighted by Crippen LogP contribution is -2.57. The van der Waals surface area contributed by atoms with Gasteiger partial charge in [-0.05, 0) is 12.1 Å². The first kappa shape index (κ1) is 14.0. The third-order valence-corrected chi connectivity index (χ3v) is 3.76. The number of piperazine rings is 1. The van der Waals surface area contributed by atoms with Crippen molar-refractivity contribution in [1.82, 2.24) is 20.1 Å². The minimum Gasteiger partial charge on any atom is -0.439 e. The second-order valence-corrected chi connectivity index (χ2v) is 5.50. The van der Waals surface area contributed by atoms with Crippen molar-refractivity contribution in [1.29, 1.82) is 0 Å². The quantitative estimate of drug-likeness (QED) is 0.900. The van der Waals surface area contributed by atoms with E-state index in [-0.39, 0.29) is 11.9 Å². The van der Waals surface area contributed by atoms with E-state index in [1.807, 2.05) is 24.3 Å². The van der Waals surface area contributed by atoms with Gasteiger partial charge in [-0.1, -0.05) is 12.1 Å². The Morgan fingerprint density at radius 1 is 1.48 bits per heavy atom. The van der Waals surface area contributed by atoms with Crippen LogP contribution in [0.25, 0.3) is 11.1 Å². The Balaban J connectivity index is 1.79. The van der Waals surface area contributed by atoms with Gasteiger partial charge in [-0.25, -0.2) is 4.98 Å². The summed E-state index contributed by atoms with van der Waals surface area (Å²) in [6.07, 6.45) is 0. The third-order valence-electron chi connectivity index (χ3n) is 3.76. The van der Waals surface area contributed by atoms with Gasteiger partial charge < -0.3 is 14.6 Å². The maximum Gasteiger partial charge on any atom is 0.240 e. The first-order valence-corrected chi connectivity index (χ1v) is 7.15. The second kappa shape index (κ2) is 5.83. The van der Waals surface area contributed by atoms with Crippen molar-refractivity contribution in [3.8, 4) is 0 Å². The number of benzene rings is 1. The fourth-order valence-electron chi connectivity index (χ4n) is 2.64. The van der Waals surface area contributed by atoms with Gasteiger partial charge in [0.25, 0.3) is 0 Å². The molecule has 1 aromatic heterocycles. The Morgan fingerprint density at radius 2 is 2.29 bits per heavy atom.